The number of hydrogen-bond acceptors (Lipinski definition) is 4. The van der Waals surface area contributed by atoms with Gasteiger partial charge in [-0.2, -0.15) is 0 Å². The lowest BCUT2D eigenvalue weighted by Crippen LogP contribution is -2.37. The topological polar surface area (TPSA) is 62.6 Å². The Morgan fingerprint density at radius 3 is 3.00 bits per heavy atom. The van der Waals surface area contributed by atoms with Crippen LogP contribution in [0, 0.1) is 12.3 Å². The number of nitrogens with one attached hydrogen (secondary N) is 1. The van der Waals surface area contributed by atoms with E-state index in [2.05, 4.69) is 19.2 Å². The Balaban J connectivity index is 1.62. The maximum Gasteiger partial charge on any atom is 0.281 e. The second-order valence-corrected chi connectivity index (χ2v) is 8.30. The van der Waals surface area contributed by atoms with Crippen LogP contribution in [0.15, 0.2) is 10.5 Å². The van der Waals surface area contributed by atoms with Gasteiger partial charge in [-0.15, -0.1) is 0 Å². The van der Waals surface area contributed by atoms with Gasteiger partial charge in [-0.3, -0.25) is 9.59 Å². The molecule has 1 saturated heterocycles. The number of carbonyl (C=O) groups is 2. The van der Waals surface area contributed by atoms with Crippen LogP contribution in [0.3, 0.4) is 0 Å². The molecule has 3 rings (SSSR count). The number of fused-ring (bicyclic) bond motifs is 1. The lowest BCUT2D eigenvalue weighted by molar-refractivity contribution is -0.122. The Morgan fingerprint density at radius 1 is 1.52 bits per heavy atom. The Kier molecular flexibility index (Phi) is 4.45. The van der Waals surface area contributed by atoms with Gasteiger partial charge in [0.2, 0.25) is 5.91 Å². The zero-order chi connectivity index (χ0) is 16.6. The molecule has 6 heteroatoms. The van der Waals surface area contributed by atoms with Crippen LogP contribution in [-0.4, -0.2) is 34.9 Å². The summed E-state index contributed by atoms with van der Waals surface area (Å²) < 4.78 is 5.80. The molecule has 1 atom stereocenters. The van der Waals surface area contributed by atoms with E-state index < -0.39 is 0 Å². The van der Waals surface area contributed by atoms with Crippen LogP contribution >= 0.6 is 11.8 Å². The highest BCUT2D eigenvalue weighted by Crippen LogP contribution is 2.42. The third-order valence-electron chi connectivity index (χ3n) is 4.53. The summed E-state index contributed by atoms with van der Waals surface area (Å²) in [4.78, 5) is 25.6. The number of rotatable bonds is 4. The van der Waals surface area contributed by atoms with Crippen LogP contribution in [0.25, 0.3) is 0 Å². The van der Waals surface area contributed by atoms with Crippen molar-refractivity contribution < 1.29 is 14.0 Å². The van der Waals surface area contributed by atoms with Gasteiger partial charge >= 0.3 is 0 Å². The van der Waals surface area contributed by atoms with Crippen LogP contribution in [0.2, 0.25) is 0 Å². The van der Waals surface area contributed by atoms with Gasteiger partial charge in [0.25, 0.3) is 5.24 Å². The average Bonchev–Trinajstić information content (AvgIpc) is 3.00. The molecule has 2 aliphatic rings. The number of thioether (sulfide) groups is 1. The maximum absolute atomic E-state index is 12.3. The van der Waals surface area contributed by atoms with E-state index >= 15 is 0 Å². The van der Waals surface area contributed by atoms with Gasteiger partial charge in [0, 0.05) is 37.2 Å². The van der Waals surface area contributed by atoms with Crippen molar-refractivity contribution in [3.8, 4) is 0 Å². The molecule has 23 heavy (non-hydrogen) atoms. The minimum absolute atomic E-state index is 0.00204. The number of furan rings is 1. The lowest BCUT2D eigenvalue weighted by Gasteiger charge is -2.34. The van der Waals surface area contributed by atoms with Crippen LogP contribution < -0.4 is 5.32 Å². The SMILES string of the molecule is Cc1cc2c(o1)CC(C)(C)C[C@@H]2NC(=O)CCN1CCSC1=O. The molecule has 1 aliphatic heterocycles. The van der Waals surface area contributed by atoms with E-state index in [0.717, 1.165) is 42.2 Å². The fourth-order valence-corrected chi connectivity index (χ4v) is 4.30. The molecule has 2 heterocycles. The van der Waals surface area contributed by atoms with Gasteiger partial charge in [0.15, 0.2) is 0 Å². The predicted octanol–water partition coefficient (Wildman–Crippen LogP) is 3.28. The predicted molar refractivity (Wildman–Crippen MR) is 90.5 cm³/mol. The van der Waals surface area contributed by atoms with Crippen molar-refractivity contribution in [2.24, 2.45) is 5.41 Å². The largest absolute Gasteiger partial charge is 0.466 e. The quantitative estimate of drug-likeness (QED) is 0.916. The number of carbonyl (C=O) groups excluding carboxylic acids is 2. The van der Waals surface area contributed by atoms with E-state index in [0.29, 0.717) is 13.0 Å². The molecule has 5 nitrogen and oxygen atoms in total. The molecule has 126 valence electrons. The van der Waals surface area contributed by atoms with Crippen LogP contribution in [-0.2, 0) is 11.2 Å². The average molecular weight is 336 g/mol. The van der Waals surface area contributed by atoms with Crippen LogP contribution in [0.5, 0.6) is 0 Å². The normalized spacial score (nSPS) is 23.0. The van der Waals surface area contributed by atoms with Crippen LogP contribution in [0.4, 0.5) is 4.79 Å². The van der Waals surface area contributed by atoms with Crippen molar-refractivity contribution in [3.63, 3.8) is 0 Å². The molecule has 1 fully saturated rings. The maximum atomic E-state index is 12.3. The number of hydrogen-bond donors (Lipinski definition) is 1. The van der Waals surface area contributed by atoms with Gasteiger partial charge in [0.05, 0.1) is 6.04 Å². The molecular formula is C17H24N2O3S. The Hall–Kier alpha value is -1.43. The minimum Gasteiger partial charge on any atom is -0.466 e. The molecule has 0 saturated carbocycles. The summed E-state index contributed by atoms with van der Waals surface area (Å²) in [5.41, 5.74) is 1.22. The molecule has 1 aromatic heterocycles. The Morgan fingerprint density at radius 2 is 2.30 bits per heavy atom. The van der Waals surface area contributed by atoms with Crippen molar-refractivity contribution in [2.75, 3.05) is 18.8 Å². The second-order valence-electron chi connectivity index (χ2n) is 7.25. The molecule has 0 bridgehead atoms. The highest BCUT2D eigenvalue weighted by molar-refractivity contribution is 8.13. The van der Waals surface area contributed by atoms with Crippen LogP contribution in [0.1, 0.15) is 49.8 Å². The van der Waals surface area contributed by atoms with Crippen molar-refractivity contribution in [3.05, 3.63) is 23.2 Å². The number of aryl methyl sites for hydroxylation is 1. The summed E-state index contributed by atoms with van der Waals surface area (Å²) >= 11 is 1.33. The third kappa shape index (κ3) is 3.74. The van der Waals surface area contributed by atoms with Gasteiger partial charge in [0.1, 0.15) is 11.5 Å². The van der Waals surface area contributed by atoms with Crippen molar-refractivity contribution in [1.82, 2.24) is 10.2 Å². The van der Waals surface area contributed by atoms with Gasteiger partial charge in [-0.05, 0) is 24.8 Å². The van der Waals surface area contributed by atoms with E-state index in [1.54, 1.807) is 4.90 Å². The Labute approximate surface area is 141 Å². The van der Waals surface area contributed by atoms with E-state index in [9.17, 15) is 9.59 Å². The second kappa shape index (κ2) is 6.23. The van der Waals surface area contributed by atoms with Gasteiger partial charge in [-0.1, -0.05) is 25.6 Å². The molecule has 0 unspecified atom stereocenters. The first-order chi connectivity index (χ1) is 10.8. The van der Waals surface area contributed by atoms with E-state index in [4.69, 9.17) is 4.42 Å². The fourth-order valence-electron chi connectivity index (χ4n) is 3.45. The number of nitrogens with zero attached hydrogens (tertiary/aromatic N) is 1. The smallest absolute Gasteiger partial charge is 0.281 e. The zero-order valence-corrected chi connectivity index (χ0v) is 14.8. The molecule has 1 aliphatic carbocycles. The monoisotopic (exact) mass is 336 g/mol. The summed E-state index contributed by atoms with van der Waals surface area (Å²) in [5, 5.41) is 3.23. The molecule has 0 aromatic carbocycles. The first kappa shape index (κ1) is 16.4. The molecule has 0 spiro atoms. The number of amides is 2. The fraction of sp³-hybridized carbons (Fsp3) is 0.647. The summed E-state index contributed by atoms with van der Waals surface area (Å²) in [7, 11) is 0. The summed E-state index contributed by atoms with van der Waals surface area (Å²) in [6, 6.07) is 2.04. The standard InChI is InChI=1S/C17H24N2O3S/c1-11-8-12-13(9-17(2,3)10-14(12)22-11)18-15(20)4-5-19-6-7-23-16(19)21/h8,13H,4-7,9-10H2,1-3H3,(H,18,20)/t13-/m0/s1. The molecule has 2 amide bonds. The highest BCUT2D eigenvalue weighted by atomic mass is 32.2. The van der Waals surface area contributed by atoms with E-state index in [-0.39, 0.29) is 22.6 Å². The van der Waals surface area contributed by atoms with Crippen molar-refractivity contribution in [1.29, 1.82) is 0 Å². The van der Waals surface area contributed by atoms with Gasteiger partial charge < -0.3 is 14.6 Å². The molecule has 1 aromatic rings. The summed E-state index contributed by atoms with van der Waals surface area (Å²) in [6.07, 6.45) is 2.17. The first-order valence-electron chi connectivity index (χ1n) is 8.14. The van der Waals surface area contributed by atoms with Crippen molar-refractivity contribution >= 4 is 22.9 Å². The zero-order valence-electron chi connectivity index (χ0n) is 14.0. The molecule has 1 N–H and O–H groups in total. The van der Waals surface area contributed by atoms with Gasteiger partial charge in [-0.25, -0.2) is 0 Å². The minimum atomic E-state index is 0.00204. The molecular weight excluding hydrogens is 312 g/mol. The molecule has 0 radical (unpaired) electrons. The highest BCUT2D eigenvalue weighted by Gasteiger charge is 2.35. The third-order valence-corrected chi connectivity index (χ3v) is 5.42. The summed E-state index contributed by atoms with van der Waals surface area (Å²) in [5.74, 6) is 2.72. The summed E-state index contributed by atoms with van der Waals surface area (Å²) in [6.45, 7) is 7.60. The first-order valence-corrected chi connectivity index (χ1v) is 9.13. The van der Waals surface area contributed by atoms with E-state index in [1.165, 1.54) is 11.8 Å². The van der Waals surface area contributed by atoms with Crippen molar-refractivity contribution in [2.45, 2.75) is 46.1 Å². The van der Waals surface area contributed by atoms with E-state index in [1.807, 2.05) is 13.0 Å². The lowest BCUT2D eigenvalue weighted by atomic mass is 9.74. The Bertz CT molecular complexity index is 623.